The molecule has 1 N–H and O–H groups in total. The van der Waals surface area contributed by atoms with E-state index in [1.807, 2.05) is 66.7 Å². The van der Waals surface area contributed by atoms with Crippen LogP contribution in [0.1, 0.15) is 34.6 Å². The summed E-state index contributed by atoms with van der Waals surface area (Å²) in [5.41, 5.74) is 4.59. The van der Waals surface area contributed by atoms with E-state index in [0.717, 1.165) is 32.5 Å². The highest BCUT2D eigenvalue weighted by Gasteiger charge is 2.42. The Kier molecular flexibility index (Phi) is 7.07. The number of amides is 1. The summed E-state index contributed by atoms with van der Waals surface area (Å²) in [5.74, 6) is -2.03. The van der Waals surface area contributed by atoms with Gasteiger partial charge in [0.25, 0.3) is 0 Å². The topological polar surface area (TPSA) is 53.2 Å². The van der Waals surface area contributed by atoms with Crippen LogP contribution in [0, 0.1) is 0 Å². The van der Waals surface area contributed by atoms with Gasteiger partial charge in [-0.15, -0.1) is 0 Å². The summed E-state index contributed by atoms with van der Waals surface area (Å²) >= 11 is 12.3. The number of H-pyrrole nitrogens is 1. The molecule has 1 amide bonds. The summed E-state index contributed by atoms with van der Waals surface area (Å²) in [4.78, 5) is 27.7. The summed E-state index contributed by atoms with van der Waals surface area (Å²) in [6, 6.07) is 22.3. The van der Waals surface area contributed by atoms with E-state index in [4.69, 9.17) is 23.2 Å². The number of alkyl halides is 3. The van der Waals surface area contributed by atoms with Crippen LogP contribution in [0.3, 0.4) is 0 Å². The standard InChI is InChI=1S/C29H21Cl2F3N2O2/c30-21-6-1-18(2-7-21)27(19-3-8-22(31)9-4-19)20-5-10-25-24(15-20)23(16-26(37)35-25)17-11-13-36(14-12-17)28(38)29(32,33)34/h1-11,15-16,27H,12-14H2,(H,35,37). The molecule has 4 aromatic rings. The molecule has 194 valence electrons. The van der Waals surface area contributed by atoms with Crippen LogP contribution in [0.4, 0.5) is 13.2 Å². The van der Waals surface area contributed by atoms with E-state index >= 15 is 0 Å². The van der Waals surface area contributed by atoms with Crippen LogP contribution < -0.4 is 5.56 Å². The zero-order valence-electron chi connectivity index (χ0n) is 19.9. The van der Waals surface area contributed by atoms with Crippen molar-refractivity contribution in [1.82, 2.24) is 9.88 Å². The number of pyridine rings is 1. The molecule has 0 radical (unpaired) electrons. The van der Waals surface area contributed by atoms with Gasteiger partial charge in [0.05, 0.1) is 0 Å². The molecule has 0 saturated heterocycles. The Labute approximate surface area is 226 Å². The largest absolute Gasteiger partial charge is 0.471 e. The maximum atomic E-state index is 12.9. The maximum absolute atomic E-state index is 12.9. The van der Waals surface area contributed by atoms with Crippen LogP contribution in [0.15, 0.2) is 83.7 Å². The molecule has 9 heteroatoms. The number of fused-ring (bicyclic) bond motifs is 1. The van der Waals surface area contributed by atoms with Crippen molar-refractivity contribution < 1.29 is 18.0 Å². The van der Waals surface area contributed by atoms with Crippen LogP contribution in [-0.2, 0) is 4.79 Å². The minimum absolute atomic E-state index is 0.0870. The molecule has 0 spiro atoms. The van der Waals surface area contributed by atoms with Crippen LogP contribution >= 0.6 is 23.2 Å². The molecule has 5 rings (SSSR count). The molecular weight excluding hydrogens is 536 g/mol. The molecule has 4 nitrogen and oxygen atoms in total. The average Bonchev–Trinajstić information content (AvgIpc) is 2.90. The number of carbonyl (C=O) groups excluding carboxylic acids is 1. The van der Waals surface area contributed by atoms with Gasteiger partial charge in [-0.3, -0.25) is 9.59 Å². The number of carbonyl (C=O) groups is 1. The van der Waals surface area contributed by atoms with Gasteiger partial charge in [0.1, 0.15) is 0 Å². The first kappa shape index (κ1) is 26.1. The number of aromatic nitrogens is 1. The van der Waals surface area contributed by atoms with Crippen molar-refractivity contribution in [2.75, 3.05) is 13.1 Å². The van der Waals surface area contributed by atoms with Crippen molar-refractivity contribution in [3.8, 4) is 0 Å². The van der Waals surface area contributed by atoms with Crippen LogP contribution in [0.5, 0.6) is 0 Å². The third-order valence-electron chi connectivity index (χ3n) is 6.69. The Bertz CT molecular complexity index is 1550. The van der Waals surface area contributed by atoms with Gasteiger partial charge in [0, 0.05) is 46.0 Å². The maximum Gasteiger partial charge on any atom is 0.471 e. The minimum Gasteiger partial charge on any atom is -0.331 e. The van der Waals surface area contributed by atoms with Gasteiger partial charge in [-0.25, -0.2) is 0 Å². The number of nitrogens with zero attached hydrogens (tertiary/aromatic N) is 1. The molecule has 0 unspecified atom stereocenters. The second kappa shape index (κ2) is 10.3. The molecule has 0 aliphatic carbocycles. The van der Waals surface area contributed by atoms with Gasteiger partial charge in [0.15, 0.2) is 0 Å². The predicted molar refractivity (Wildman–Crippen MR) is 144 cm³/mol. The number of hydrogen-bond donors (Lipinski definition) is 1. The van der Waals surface area contributed by atoms with E-state index in [9.17, 15) is 22.8 Å². The zero-order valence-corrected chi connectivity index (χ0v) is 21.4. The molecule has 0 atom stereocenters. The lowest BCUT2D eigenvalue weighted by molar-refractivity contribution is -0.185. The minimum atomic E-state index is -4.92. The Morgan fingerprint density at radius 3 is 1.97 bits per heavy atom. The van der Waals surface area contributed by atoms with E-state index in [2.05, 4.69) is 4.98 Å². The fraction of sp³-hybridized carbons (Fsp3) is 0.172. The second-order valence-corrected chi connectivity index (χ2v) is 9.99. The highest BCUT2D eigenvalue weighted by atomic mass is 35.5. The van der Waals surface area contributed by atoms with Gasteiger partial charge in [-0.05, 0) is 70.6 Å². The zero-order chi connectivity index (χ0) is 27.0. The van der Waals surface area contributed by atoms with Crippen molar-refractivity contribution in [2.24, 2.45) is 0 Å². The van der Waals surface area contributed by atoms with Crippen LogP contribution in [0.2, 0.25) is 10.0 Å². The summed E-state index contributed by atoms with van der Waals surface area (Å²) in [6.45, 7) is -0.268. The monoisotopic (exact) mass is 556 g/mol. The van der Waals surface area contributed by atoms with Crippen molar-refractivity contribution in [1.29, 1.82) is 0 Å². The first-order valence-corrected chi connectivity index (χ1v) is 12.6. The lowest BCUT2D eigenvalue weighted by Gasteiger charge is -2.27. The Balaban J connectivity index is 1.60. The SMILES string of the molecule is O=C(N1CC=C(c2cc(=O)[nH]c3ccc(C(c4ccc(Cl)cc4)c4ccc(Cl)cc4)cc23)CC1)C(F)(F)F. The fourth-order valence-electron chi connectivity index (χ4n) is 4.88. The Morgan fingerprint density at radius 2 is 1.45 bits per heavy atom. The first-order chi connectivity index (χ1) is 18.1. The number of benzene rings is 3. The summed E-state index contributed by atoms with van der Waals surface area (Å²) in [7, 11) is 0. The third-order valence-corrected chi connectivity index (χ3v) is 7.20. The van der Waals surface area contributed by atoms with Crippen LogP contribution in [0.25, 0.3) is 16.5 Å². The smallest absolute Gasteiger partial charge is 0.331 e. The molecule has 1 aromatic heterocycles. The highest BCUT2D eigenvalue weighted by molar-refractivity contribution is 6.30. The molecular formula is C29H21Cl2F3N2O2. The normalized spacial score (nSPS) is 14.2. The van der Waals surface area contributed by atoms with Gasteiger partial charge in [-0.2, -0.15) is 13.2 Å². The van der Waals surface area contributed by atoms with Gasteiger partial charge in [-0.1, -0.05) is 59.6 Å². The van der Waals surface area contributed by atoms with Gasteiger partial charge >= 0.3 is 12.1 Å². The molecule has 1 aliphatic heterocycles. The molecule has 0 fully saturated rings. The van der Waals surface area contributed by atoms with Crippen molar-refractivity contribution >= 4 is 45.6 Å². The summed E-state index contributed by atoms with van der Waals surface area (Å²) in [6.07, 6.45) is -3.14. The Morgan fingerprint density at radius 1 is 0.868 bits per heavy atom. The number of nitrogens with one attached hydrogen (secondary N) is 1. The molecule has 0 bridgehead atoms. The van der Waals surface area contributed by atoms with Crippen molar-refractivity contribution in [3.63, 3.8) is 0 Å². The second-order valence-electron chi connectivity index (χ2n) is 9.12. The van der Waals surface area contributed by atoms with Crippen molar-refractivity contribution in [2.45, 2.75) is 18.5 Å². The fourth-order valence-corrected chi connectivity index (χ4v) is 5.13. The molecule has 38 heavy (non-hydrogen) atoms. The molecule has 1 aliphatic rings. The van der Waals surface area contributed by atoms with E-state index in [1.54, 1.807) is 6.08 Å². The number of rotatable bonds is 4. The number of hydrogen-bond acceptors (Lipinski definition) is 2. The summed E-state index contributed by atoms with van der Waals surface area (Å²) in [5, 5.41) is 1.99. The molecule has 3 aromatic carbocycles. The highest BCUT2D eigenvalue weighted by Crippen LogP contribution is 2.36. The first-order valence-electron chi connectivity index (χ1n) is 11.8. The molecule has 2 heterocycles. The third kappa shape index (κ3) is 5.35. The van der Waals surface area contributed by atoms with Crippen LogP contribution in [-0.4, -0.2) is 35.1 Å². The molecule has 0 saturated carbocycles. The summed E-state index contributed by atoms with van der Waals surface area (Å²) < 4.78 is 38.7. The quantitative estimate of drug-likeness (QED) is 0.270. The van der Waals surface area contributed by atoms with Gasteiger partial charge in [0.2, 0.25) is 5.56 Å². The van der Waals surface area contributed by atoms with E-state index in [-0.39, 0.29) is 31.0 Å². The van der Waals surface area contributed by atoms with E-state index in [0.29, 0.717) is 21.1 Å². The number of aromatic amines is 1. The van der Waals surface area contributed by atoms with Crippen molar-refractivity contribution in [3.05, 3.63) is 122 Å². The van der Waals surface area contributed by atoms with E-state index in [1.165, 1.54) is 6.07 Å². The predicted octanol–water partition coefficient (Wildman–Crippen LogP) is 7.19. The van der Waals surface area contributed by atoms with E-state index < -0.39 is 12.1 Å². The average molecular weight is 557 g/mol. The number of halogens is 5. The lowest BCUT2D eigenvalue weighted by Crippen LogP contribution is -2.43. The Hall–Kier alpha value is -3.55. The lowest BCUT2D eigenvalue weighted by atomic mass is 9.84. The van der Waals surface area contributed by atoms with Gasteiger partial charge < -0.3 is 9.88 Å².